The Morgan fingerprint density at radius 2 is 2.06 bits per heavy atom. The summed E-state index contributed by atoms with van der Waals surface area (Å²) in [4.78, 5) is 14.3. The summed E-state index contributed by atoms with van der Waals surface area (Å²) in [6.07, 6.45) is 4.89. The highest BCUT2D eigenvalue weighted by atomic mass is 16.5. The highest BCUT2D eigenvalue weighted by molar-refractivity contribution is 5.95. The van der Waals surface area contributed by atoms with Crippen LogP contribution in [0, 0.1) is 6.92 Å². The van der Waals surface area contributed by atoms with Gasteiger partial charge >= 0.3 is 0 Å². The van der Waals surface area contributed by atoms with Crippen LogP contribution in [-0.2, 0) is 0 Å². The van der Waals surface area contributed by atoms with Gasteiger partial charge < -0.3 is 9.42 Å². The minimum Gasteiger partial charge on any atom is -0.361 e. The van der Waals surface area contributed by atoms with Crippen LogP contribution in [0.2, 0.25) is 0 Å². The standard InChI is InChI=1S/C12H18N2O2/c1-8-5-4-6-9(2)14(8)12(15)11-7-13-16-10(11)3/h7-9H,4-6H2,1-3H3. The molecule has 2 rings (SSSR count). The van der Waals surface area contributed by atoms with Gasteiger partial charge in [-0.3, -0.25) is 4.79 Å². The van der Waals surface area contributed by atoms with Crippen molar-refractivity contribution in [3.63, 3.8) is 0 Å². The van der Waals surface area contributed by atoms with Crippen molar-refractivity contribution >= 4 is 5.91 Å². The van der Waals surface area contributed by atoms with Crippen molar-refractivity contribution in [3.8, 4) is 0 Å². The first kappa shape index (κ1) is 11.2. The summed E-state index contributed by atoms with van der Waals surface area (Å²) in [6.45, 7) is 5.99. The number of amides is 1. The Kier molecular flexibility index (Phi) is 2.99. The summed E-state index contributed by atoms with van der Waals surface area (Å²) in [7, 11) is 0. The molecule has 0 radical (unpaired) electrons. The molecule has 4 nitrogen and oxygen atoms in total. The average molecular weight is 222 g/mol. The van der Waals surface area contributed by atoms with Gasteiger partial charge in [0.1, 0.15) is 11.3 Å². The second-order valence-electron chi connectivity index (χ2n) is 4.64. The first-order chi connectivity index (χ1) is 7.61. The molecule has 1 fully saturated rings. The van der Waals surface area contributed by atoms with E-state index in [2.05, 4.69) is 19.0 Å². The summed E-state index contributed by atoms with van der Waals surface area (Å²) >= 11 is 0. The van der Waals surface area contributed by atoms with Crippen LogP contribution >= 0.6 is 0 Å². The van der Waals surface area contributed by atoms with Crippen molar-refractivity contribution in [1.82, 2.24) is 10.1 Å². The van der Waals surface area contributed by atoms with Gasteiger partial charge in [0.25, 0.3) is 5.91 Å². The summed E-state index contributed by atoms with van der Waals surface area (Å²) in [6, 6.07) is 0.621. The maximum absolute atomic E-state index is 12.3. The molecule has 4 heteroatoms. The lowest BCUT2D eigenvalue weighted by Gasteiger charge is -2.38. The van der Waals surface area contributed by atoms with E-state index in [0.29, 0.717) is 23.4 Å². The van der Waals surface area contributed by atoms with Crippen molar-refractivity contribution in [2.45, 2.75) is 52.1 Å². The smallest absolute Gasteiger partial charge is 0.259 e. The number of aryl methyl sites for hydroxylation is 1. The summed E-state index contributed by atoms with van der Waals surface area (Å²) in [5, 5.41) is 3.67. The zero-order valence-electron chi connectivity index (χ0n) is 10.1. The van der Waals surface area contributed by atoms with Gasteiger partial charge in [-0.15, -0.1) is 0 Å². The predicted octanol–water partition coefficient (Wildman–Crippen LogP) is 2.39. The van der Waals surface area contributed by atoms with Gasteiger partial charge in [-0.25, -0.2) is 0 Å². The topological polar surface area (TPSA) is 46.3 Å². The van der Waals surface area contributed by atoms with Gasteiger partial charge in [-0.1, -0.05) is 5.16 Å². The molecular weight excluding hydrogens is 204 g/mol. The SMILES string of the molecule is Cc1oncc1C(=O)N1C(C)CCCC1C. The molecule has 1 aromatic heterocycles. The van der Waals surface area contributed by atoms with Gasteiger partial charge in [0.15, 0.2) is 0 Å². The Balaban J connectivity index is 2.23. The predicted molar refractivity (Wildman–Crippen MR) is 60.2 cm³/mol. The maximum atomic E-state index is 12.3. The molecule has 88 valence electrons. The third kappa shape index (κ3) is 1.84. The van der Waals surface area contributed by atoms with E-state index in [9.17, 15) is 4.79 Å². The molecule has 1 aliphatic heterocycles. The molecular formula is C12H18N2O2. The third-order valence-corrected chi connectivity index (χ3v) is 3.41. The molecule has 1 aliphatic rings. The molecule has 0 bridgehead atoms. The highest BCUT2D eigenvalue weighted by Crippen LogP contribution is 2.25. The Labute approximate surface area is 95.6 Å². The molecule has 2 unspecified atom stereocenters. The first-order valence-corrected chi connectivity index (χ1v) is 5.85. The van der Waals surface area contributed by atoms with Crippen molar-refractivity contribution in [2.75, 3.05) is 0 Å². The Hall–Kier alpha value is -1.32. The van der Waals surface area contributed by atoms with Gasteiger partial charge in [0.2, 0.25) is 0 Å². The molecule has 16 heavy (non-hydrogen) atoms. The molecule has 2 atom stereocenters. The lowest BCUT2D eigenvalue weighted by molar-refractivity contribution is 0.0509. The summed E-state index contributed by atoms with van der Waals surface area (Å²) in [5.41, 5.74) is 0.598. The van der Waals surface area contributed by atoms with E-state index in [4.69, 9.17) is 4.52 Å². The number of hydrogen-bond acceptors (Lipinski definition) is 3. The Morgan fingerprint density at radius 1 is 1.44 bits per heavy atom. The molecule has 1 aromatic rings. The maximum Gasteiger partial charge on any atom is 0.259 e. The molecule has 1 amide bonds. The number of carbonyl (C=O) groups excluding carboxylic acids is 1. The van der Waals surface area contributed by atoms with Gasteiger partial charge in [-0.05, 0) is 40.0 Å². The van der Waals surface area contributed by atoms with E-state index < -0.39 is 0 Å². The number of hydrogen-bond donors (Lipinski definition) is 0. The fraction of sp³-hybridized carbons (Fsp3) is 0.667. The Morgan fingerprint density at radius 3 is 2.56 bits per heavy atom. The van der Waals surface area contributed by atoms with Crippen molar-refractivity contribution in [2.24, 2.45) is 0 Å². The molecule has 0 aliphatic carbocycles. The zero-order valence-corrected chi connectivity index (χ0v) is 10.1. The van der Waals surface area contributed by atoms with E-state index in [-0.39, 0.29) is 5.91 Å². The molecule has 2 heterocycles. The monoisotopic (exact) mass is 222 g/mol. The van der Waals surface area contributed by atoms with Gasteiger partial charge in [-0.2, -0.15) is 0 Å². The van der Waals surface area contributed by atoms with Crippen LogP contribution in [0.15, 0.2) is 10.7 Å². The minimum atomic E-state index is 0.0541. The van der Waals surface area contributed by atoms with E-state index >= 15 is 0 Å². The highest BCUT2D eigenvalue weighted by Gasteiger charge is 2.31. The lowest BCUT2D eigenvalue weighted by Crippen LogP contribution is -2.47. The molecule has 0 N–H and O–H groups in total. The number of nitrogens with zero attached hydrogens (tertiary/aromatic N) is 2. The first-order valence-electron chi connectivity index (χ1n) is 5.85. The van der Waals surface area contributed by atoms with Crippen molar-refractivity contribution in [3.05, 3.63) is 17.5 Å². The fourth-order valence-corrected chi connectivity index (χ4v) is 2.46. The van der Waals surface area contributed by atoms with Gasteiger partial charge in [0, 0.05) is 12.1 Å². The quantitative estimate of drug-likeness (QED) is 0.733. The van der Waals surface area contributed by atoms with E-state index in [1.807, 2.05) is 4.90 Å². The lowest BCUT2D eigenvalue weighted by atomic mass is 9.96. The molecule has 0 aromatic carbocycles. The summed E-state index contributed by atoms with van der Waals surface area (Å²) in [5.74, 6) is 0.661. The van der Waals surface area contributed by atoms with Crippen molar-refractivity contribution < 1.29 is 9.32 Å². The molecule has 0 spiro atoms. The second kappa shape index (κ2) is 4.28. The van der Waals surface area contributed by atoms with E-state index in [1.54, 1.807) is 6.92 Å². The Bertz CT molecular complexity index is 376. The molecule has 1 saturated heterocycles. The zero-order chi connectivity index (χ0) is 11.7. The normalized spacial score (nSPS) is 25.8. The number of piperidine rings is 1. The van der Waals surface area contributed by atoms with Crippen LogP contribution in [0.5, 0.6) is 0 Å². The van der Waals surface area contributed by atoms with Crippen molar-refractivity contribution in [1.29, 1.82) is 0 Å². The summed E-state index contributed by atoms with van der Waals surface area (Å²) < 4.78 is 4.95. The van der Waals surface area contributed by atoms with Crippen LogP contribution in [0.4, 0.5) is 0 Å². The van der Waals surface area contributed by atoms with Crippen LogP contribution in [-0.4, -0.2) is 28.0 Å². The average Bonchev–Trinajstić information content (AvgIpc) is 2.64. The third-order valence-electron chi connectivity index (χ3n) is 3.41. The number of rotatable bonds is 1. The minimum absolute atomic E-state index is 0.0541. The van der Waals surface area contributed by atoms with E-state index in [1.165, 1.54) is 12.6 Å². The van der Waals surface area contributed by atoms with Crippen LogP contribution in [0.1, 0.15) is 49.2 Å². The number of aromatic nitrogens is 1. The van der Waals surface area contributed by atoms with Gasteiger partial charge in [0.05, 0.1) is 6.20 Å². The van der Waals surface area contributed by atoms with Crippen LogP contribution in [0.25, 0.3) is 0 Å². The van der Waals surface area contributed by atoms with Crippen LogP contribution in [0.3, 0.4) is 0 Å². The fourth-order valence-electron chi connectivity index (χ4n) is 2.46. The largest absolute Gasteiger partial charge is 0.361 e. The van der Waals surface area contributed by atoms with E-state index in [0.717, 1.165) is 12.8 Å². The molecule has 0 saturated carbocycles. The number of likely N-dealkylation sites (tertiary alicyclic amines) is 1. The number of carbonyl (C=O) groups is 1. The van der Waals surface area contributed by atoms with Crippen LogP contribution < -0.4 is 0 Å². The second-order valence-corrected chi connectivity index (χ2v) is 4.64.